The lowest BCUT2D eigenvalue weighted by atomic mass is 10.1. The molecule has 0 fully saturated rings. The molecule has 5 nitrogen and oxygen atoms in total. The van der Waals surface area contributed by atoms with Crippen molar-refractivity contribution in [3.63, 3.8) is 0 Å². The Morgan fingerprint density at radius 1 is 1.37 bits per heavy atom. The number of likely N-dealkylation sites (N-methyl/N-ethyl adjacent to an activating group) is 2. The third kappa shape index (κ3) is 3.64. The van der Waals surface area contributed by atoms with E-state index in [-0.39, 0.29) is 12.5 Å². The van der Waals surface area contributed by atoms with Crippen LogP contribution in [0.2, 0.25) is 0 Å². The third-order valence-corrected chi connectivity index (χ3v) is 2.40. The average Bonchev–Trinajstić information content (AvgIpc) is 2.33. The molecule has 104 valence electrons. The van der Waals surface area contributed by atoms with Crippen molar-refractivity contribution in [2.75, 3.05) is 25.9 Å². The van der Waals surface area contributed by atoms with Gasteiger partial charge in [-0.3, -0.25) is 9.59 Å². The molecule has 0 atom stereocenters. The molecular weight excluding hydrogens is 256 g/mol. The van der Waals surface area contributed by atoms with E-state index >= 15 is 0 Å². The van der Waals surface area contributed by atoms with Crippen molar-refractivity contribution in [2.24, 2.45) is 0 Å². The fourth-order valence-corrected chi connectivity index (χ4v) is 1.51. The maximum absolute atomic E-state index is 13.6. The number of carbonyl (C=O) groups is 2. The number of halogens is 2. The predicted octanol–water partition coefficient (Wildman–Crippen LogP) is 0.755. The van der Waals surface area contributed by atoms with E-state index in [9.17, 15) is 18.4 Å². The quantitative estimate of drug-likeness (QED) is 0.794. The molecule has 7 heteroatoms. The van der Waals surface area contributed by atoms with Gasteiger partial charge in [0.2, 0.25) is 5.91 Å². The molecule has 1 aromatic rings. The van der Waals surface area contributed by atoms with Gasteiger partial charge in [-0.15, -0.1) is 0 Å². The predicted molar refractivity (Wildman–Crippen MR) is 66.4 cm³/mol. The molecule has 0 saturated carbocycles. The summed E-state index contributed by atoms with van der Waals surface area (Å²) in [6.45, 7) is 1.90. The zero-order valence-corrected chi connectivity index (χ0v) is 10.7. The fraction of sp³-hybridized carbons (Fsp3) is 0.333. The van der Waals surface area contributed by atoms with Gasteiger partial charge < -0.3 is 16.0 Å². The van der Waals surface area contributed by atoms with Crippen LogP contribution in [-0.2, 0) is 4.79 Å². The topological polar surface area (TPSA) is 75.4 Å². The second kappa shape index (κ2) is 6.12. The second-order valence-corrected chi connectivity index (χ2v) is 3.97. The van der Waals surface area contributed by atoms with Crippen LogP contribution in [0.25, 0.3) is 0 Å². The lowest BCUT2D eigenvalue weighted by Crippen LogP contribution is -2.38. The minimum absolute atomic E-state index is 0.247. The van der Waals surface area contributed by atoms with E-state index in [0.717, 1.165) is 17.0 Å². The van der Waals surface area contributed by atoms with Gasteiger partial charge in [-0.2, -0.15) is 0 Å². The highest BCUT2D eigenvalue weighted by atomic mass is 19.1. The normalized spacial score (nSPS) is 10.1. The van der Waals surface area contributed by atoms with Crippen molar-refractivity contribution < 1.29 is 18.4 Å². The van der Waals surface area contributed by atoms with E-state index < -0.39 is 28.8 Å². The lowest BCUT2D eigenvalue weighted by molar-refractivity contribution is -0.121. The Morgan fingerprint density at radius 2 is 2.00 bits per heavy atom. The molecule has 0 unspecified atom stereocenters. The summed E-state index contributed by atoms with van der Waals surface area (Å²) in [6, 6.07) is 1.54. The summed E-state index contributed by atoms with van der Waals surface area (Å²) in [6.07, 6.45) is 0. The zero-order valence-electron chi connectivity index (χ0n) is 10.7. The summed E-state index contributed by atoms with van der Waals surface area (Å²) in [5.74, 6) is -3.00. The summed E-state index contributed by atoms with van der Waals surface area (Å²) in [4.78, 5) is 24.2. The van der Waals surface area contributed by atoms with Crippen molar-refractivity contribution >= 4 is 17.5 Å². The van der Waals surface area contributed by atoms with Gasteiger partial charge in [0, 0.05) is 13.6 Å². The third-order valence-electron chi connectivity index (χ3n) is 2.40. The van der Waals surface area contributed by atoms with Crippen LogP contribution in [0.5, 0.6) is 0 Å². The van der Waals surface area contributed by atoms with Crippen LogP contribution in [0.15, 0.2) is 12.1 Å². The van der Waals surface area contributed by atoms with Gasteiger partial charge in [0.25, 0.3) is 5.91 Å². The van der Waals surface area contributed by atoms with Gasteiger partial charge >= 0.3 is 0 Å². The molecule has 1 rings (SSSR count). The number of nitrogens with zero attached hydrogens (tertiary/aromatic N) is 1. The number of amides is 2. The Kier molecular flexibility index (Phi) is 4.80. The summed E-state index contributed by atoms with van der Waals surface area (Å²) in [5.41, 5.74) is 4.30. The number of carbonyl (C=O) groups excluding carboxylic acids is 2. The van der Waals surface area contributed by atoms with Crippen molar-refractivity contribution in [3.05, 3.63) is 29.3 Å². The second-order valence-electron chi connectivity index (χ2n) is 3.97. The first-order chi connectivity index (χ1) is 8.86. The molecule has 0 radical (unpaired) electrons. The zero-order chi connectivity index (χ0) is 14.6. The molecule has 0 aliphatic rings. The molecular formula is C12H15F2N3O2. The molecule has 0 bridgehead atoms. The lowest BCUT2D eigenvalue weighted by Gasteiger charge is -2.17. The van der Waals surface area contributed by atoms with E-state index in [1.165, 1.54) is 7.05 Å². The van der Waals surface area contributed by atoms with Crippen molar-refractivity contribution in [3.8, 4) is 0 Å². The highest BCUT2D eigenvalue weighted by Crippen LogP contribution is 2.18. The maximum atomic E-state index is 13.6. The van der Waals surface area contributed by atoms with Crippen LogP contribution in [-0.4, -0.2) is 36.9 Å². The van der Waals surface area contributed by atoms with Gasteiger partial charge in [0.1, 0.15) is 5.82 Å². The molecule has 0 spiro atoms. The minimum Gasteiger partial charge on any atom is -0.396 e. The highest BCUT2D eigenvalue weighted by Gasteiger charge is 2.20. The molecule has 0 aliphatic heterocycles. The van der Waals surface area contributed by atoms with Gasteiger partial charge in [0.15, 0.2) is 5.82 Å². The molecule has 0 saturated heterocycles. The molecule has 2 amide bonds. The van der Waals surface area contributed by atoms with E-state index in [0.29, 0.717) is 6.54 Å². The summed E-state index contributed by atoms with van der Waals surface area (Å²) < 4.78 is 26.8. The Hall–Kier alpha value is -2.18. The first-order valence-electron chi connectivity index (χ1n) is 5.63. The molecule has 0 aromatic heterocycles. The average molecular weight is 271 g/mol. The first kappa shape index (κ1) is 14.9. The number of benzene rings is 1. The van der Waals surface area contributed by atoms with E-state index in [2.05, 4.69) is 5.32 Å². The number of anilines is 1. The Balaban J connectivity index is 2.91. The van der Waals surface area contributed by atoms with Gasteiger partial charge in [-0.25, -0.2) is 8.78 Å². The number of hydrogen-bond donors (Lipinski definition) is 2. The number of rotatable bonds is 4. The van der Waals surface area contributed by atoms with E-state index in [1.54, 1.807) is 6.92 Å². The minimum atomic E-state index is -0.992. The largest absolute Gasteiger partial charge is 0.396 e. The Bertz CT molecular complexity index is 506. The van der Waals surface area contributed by atoms with Crippen molar-refractivity contribution in [1.29, 1.82) is 0 Å². The summed E-state index contributed by atoms with van der Waals surface area (Å²) >= 11 is 0. The standard InChI is InChI=1S/C12H15F2N3O2/c1-3-16-10(18)6-17(2)12(19)8-4-7(13)5-9(15)11(8)14/h4-5H,3,6,15H2,1-2H3,(H,16,18). The van der Waals surface area contributed by atoms with Crippen LogP contribution in [0.3, 0.4) is 0 Å². The summed E-state index contributed by atoms with van der Waals surface area (Å²) in [5, 5.41) is 2.49. The Morgan fingerprint density at radius 3 is 2.58 bits per heavy atom. The maximum Gasteiger partial charge on any atom is 0.257 e. The first-order valence-corrected chi connectivity index (χ1v) is 5.63. The fourth-order valence-electron chi connectivity index (χ4n) is 1.51. The number of nitrogens with two attached hydrogens (primary N) is 1. The molecule has 3 N–H and O–H groups in total. The Labute approximate surface area is 109 Å². The van der Waals surface area contributed by atoms with Crippen LogP contribution in [0.4, 0.5) is 14.5 Å². The highest BCUT2D eigenvalue weighted by molar-refractivity contribution is 5.97. The van der Waals surface area contributed by atoms with Crippen LogP contribution in [0, 0.1) is 11.6 Å². The van der Waals surface area contributed by atoms with Gasteiger partial charge in [-0.1, -0.05) is 0 Å². The molecule has 0 heterocycles. The van der Waals surface area contributed by atoms with E-state index in [4.69, 9.17) is 5.73 Å². The van der Waals surface area contributed by atoms with Crippen LogP contribution >= 0.6 is 0 Å². The molecule has 0 aliphatic carbocycles. The number of hydrogen-bond acceptors (Lipinski definition) is 3. The van der Waals surface area contributed by atoms with Crippen molar-refractivity contribution in [1.82, 2.24) is 10.2 Å². The monoisotopic (exact) mass is 271 g/mol. The SMILES string of the molecule is CCNC(=O)CN(C)C(=O)c1cc(F)cc(N)c1F. The number of nitrogen functional groups attached to an aromatic ring is 1. The molecule has 1 aromatic carbocycles. The molecule has 19 heavy (non-hydrogen) atoms. The smallest absolute Gasteiger partial charge is 0.257 e. The van der Waals surface area contributed by atoms with Gasteiger partial charge in [-0.05, 0) is 19.1 Å². The number of nitrogens with one attached hydrogen (secondary N) is 1. The van der Waals surface area contributed by atoms with Gasteiger partial charge in [0.05, 0.1) is 17.8 Å². The van der Waals surface area contributed by atoms with Crippen molar-refractivity contribution in [2.45, 2.75) is 6.92 Å². The van der Waals surface area contributed by atoms with E-state index in [1.807, 2.05) is 0 Å². The van der Waals surface area contributed by atoms with Crippen LogP contribution < -0.4 is 11.1 Å². The summed E-state index contributed by atoms with van der Waals surface area (Å²) in [7, 11) is 1.32. The van der Waals surface area contributed by atoms with Crippen LogP contribution in [0.1, 0.15) is 17.3 Å².